The van der Waals surface area contributed by atoms with Crippen molar-refractivity contribution >= 4 is 16.7 Å². The zero-order chi connectivity index (χ0) is 23.2. The Labute approximate surface area is 191 Å². The summed E-state index contributed by atoms with van der Waals surface area (Å²) >= 11 is 0. The lowest BCUT2D eigenvalue weighted by Crippen LogP contribution is -2.41. The number of fused-ring (bicyclic) bond motifs is 2. The summed E-state index contributed by atoms with van der Waals surface area (Å²) in [6.45, 7) is 0.332. The number of hydrogen-bond acceptors (Lipinski definition) is 6. The molecule has 0 aliphatic carbocycles. The molecular formula is C24H16F2N6O2. The van der Waals surface area contributed by atoms with E-state index in [1.165, 1.54) is 11.0 Å². The molecular weight excluding hydrogens is 442 g/mol. The molecule has 6 rings (SSSR count). The number of nitrogens with zero attached hydrogens (tertiary/aromatic N) is 5. The van der Waals surface area contributed by atoms with Crippen LogP contribution >= 0.6 is 0 Å². The van der Waals surface area contributed by atoms with Crippen molar-refractivity contribution in [2.45, 2.75) is 12.5 Å². The number of halogens is 2. The van der Waals surface area contributed by atoms with Crippen LogP contribution in [0.4, 0.5) is 8.78 Å². The topological polar surface area (TPSA) is 101 Å². The first-order valence-electron chi connectivity index (χ1n) is 10.6. The number of imidazole rings is 1. The standard InChI is InChI=1S/C24H16F2N6O2/c25-15-6-3-7-16(26)19(15)22-30-31-23(34-22)24(33)32-9-8-17-20(29-12-28-17)21(32)18-10-13-4-1-2-5-14(13)11-27-18/h1-7,10-12,21H,8-9H2,(H,28,29)/t21-/m1/s1. The van der Waals surface area contributed by atoms with E-state index in [1.807, 2.05) is 30.3 Å². The van der Waals surface area contributed by atoms with Crippen LogP contribution < -0.4 is 0 Å². The predicted octanol–water partition coefficient (Wildman–Crippen LogP) is 4.07. The molecule has 0 fully saturated rings. The number of carbonyl (C=O) groups is 1. The molecule has 168 valence electrons. The van der Waals surface area contributed by atoms with Gasteiger partial charge < -0.3 is 14.3 Å². The van der Waals surface area contributed by atoms with Gasteiger partial charge in [-0.15, -0.1) is 10.2 Å². The third kappa shape index (κ3) is 3.22. The second kappa shape index (κ2) is 7.84. The van der Waals surface area contributed by atoms with Gasteiger partial charge in [0.1, 0.15) is 23.2 Å². The number of aromatic nitrogens is 5. The summed E-state index contributed by atoms with van der Waals surface area (Å²) < 4.78 is 33.7. The van der Waals surface area contributed by atoms with Crippen LogP contribution in [0.5, 0.6) is 0 Å². The van der Waals surface area contributed by atoms with Crippen molar-refractivity contribution in [2.24, 2.45) is 0 Å². The molecule has 3 aromatic heterocycles. The lowest BCUT2D eigenvalue weighted by molar-refractivity contribution is 0.0647. The summed E-state index contributed by atoms with van der Waals surface area (Å²) in [5, 5.41) is 9.44. The molecule has 0 bridgehead atoms. The normalized spacial score (nSPS) is 15.5. The van der Waals surface area contributed by atoms with Gasteiger partial charge in [-0.25, -0.2) is 13.8 Å². The molecule has 34 heavy (non-hydrogen) atoms. The molecule has 1 aliphatic rings. The monoisotopic (exact) mass is 458 g/mol. The first-order valence-corrected chi connectivity index (χ1v) is 10.6. The van der Waals surface area contributed by atoms with Crippen LogP contribution in [0.1, 0.15) is 33.8 Å². The largest absolute Gasteiger partial charge is 0.412 e. The van der Waals surface area contributed by atoms with Crippen LogP contribution in [0, 0.1) is 11.6 Å². The van der Waals surface area contributed by atoms with E-state index in [2.05, 4.69) is 25.1 Å². The Balaban J connectivity index is 1.41. The molecule has 0 spiro atoms. The molecule has 2 aromatic carbocycles. The maximum Gasteiger partial charge on any atom is 0.312 e. The molecule has 8 nitrogen and oxygen atoms in total. The van der Waals surface area contributed by atoms with E-state index < -0.39 is 35.0 Å². The van der Waals surface area contributed by atoms with Crippen LogP contribution in [0.15, 0.2) is 65.5 Å². The first kappa shape index (κ1) is 20.2. The van der Waals surface area contributed by atoms with Gasteiger partial charge in [-0.3, -0.25) is 9.78 Å². The minimum atomic E-state index is -0.861. The lowest BCUT2D eigenvalue weighted by Gasteiger charge is -2.33. The van der Waals surface area contributed by atoms with Gasteiger partial charge in [-0.1, -0.05) is 30.3 Å². The van der Waals surface area contributed by atoms with Crippen LogP contribution in [-0.4, -0.2) is 42.5 Å². The fraction of sp³-hybridized carbons (Fsp3) is 0.125. The van der Waals surface area contributed by atoms with Gasteiger partial charge in [0, 0.05) is 30.2 Å². The Bertz CT molecular complexity index is 1530. The Morgan fingerprint density at radius 2 is 1.82 bits per heavy atom. The number of pyridine rings is 1. The zero-order valence-electron chi connectivity index (χ0n) is 17.6. The molecule has 0 saturated heterocycles. The number of H-pyrrole nitrogens is 1. The molecule has 0 radical (unpaired) electrons. The average molecular weight is 458 g/mol. The second-order valence-electron chi connectivity index (χ2n) is 7.88. The van der Waals surface area contributed by atoms with E-state index in [9.17, 15) is 13.6 Å². The first-order chi connectivity index (χ1) is 16.6. The number of hydrogen-bond donors (Lipinski definition) is 1. The van der Waals surface area contributed by atoms with Gasteiger partial charge in [0.05, 0.1) is 17.7 Å². The smallest absolute Gasteiger partial charge is 0.312 e. The minimum Gasteiger partial charge on any atom is -0.412 e. The molecule has 1 amide bonds. The SMILES string of the molecule is O=C(c1nnc(-c2c(F)cccc2F)o1)N1CCc2[nH]cnc2[C@H]1c1cc2ccccc2cn1. The quantitative estimate of drug-likeness (QED) is 0.437. The molecule has 5 aromatic rings. The highest BCUT2D eigenvalue weighted by molar-refractivity contribution is 5.91. The third-order valence-corrected chi connectivity index (χ3v) is 5.90. The summed E-state index contributed by atoms with van der Waals surface area (Å²) in [6, 6.07) is 12.5. The van der Waals surface area contributed by atoms with E-state index in [1.54, 1.807) is 12.5 Å². The van der Waals surface area contributed by atoms with Crippen molar-refractivity contribution in [1.82, 2.24) is 30.0 Å². The van der Waals surface area contributed by atoms with Crippen molar-refractivity contribution in [1.29, 1.82) is 0 Å². The van der Waals surface area contributed by atoms with Crippen LogP contribution in [0.3, 0.4) is 0 Å². The number of carbonyl (C=O) groups excluding carboxylic acids is 1. The van der Waals surface area contributed by atoms with Crippen molar-refractivity contribution in [3.8, 4) is 11.5 Å². The van der Waals surface area contributed by atoms with Crippen LogP contribution in [-0.2, 0) is 6.42 Å². The van der Waals surface area contributed by atoms with Gasteiger partial charge in [0.15, 0.2) is 0 Å². The molecule has 4 heterocycles. The summed E-state index contributed by atoms with van der Waals surface area (Å²) in [4.78, 5) is 27.2. The fourth-order valence-corrected chi connectivity index (χ4v) is 4.28. The highest BCUT2D eigenvalue weighted by Crippen LogP contribution is 2.35. The summed E-state index contributed by atoms with van der Waals surface area (Å²) in [5.74, 6) is -3.08. The molecule has 1 N–H and O–H groups in total. The molecule has 0 saturated carbocycles. The second-order valence-corrected chi connectivity index (χ2v) is 7.88. The third-order valence-electron chi connectivity index (χ3n) is 5.90. The maximum atomic E-state index is 14.2. The number of rotatable bonds is 3. The minimum absolute atomic E-state index is 0.332. The highest BCUT2D eigenvalue weighted by Gasteiger charge is 2.37. The number of nitrogens with one attached hydrogen (secondary N) is 1. The maximum absolute atomic E-state index is 14.2. The van der Waals surface area contributed by atoms with E-state index in [4.69, 9.17) is 4.42 Å². The van der Waals surface area contributed by atoms with Crippen LogP contribution in [0.25, 0.3) is 22.2 Å². The van der Waals surface area contributed by atoms with Crippen molar-refractivity contribution < 1.29 is 18.0 Å². The van der Waals surface area contributed by atoms with Gasteiger partial charge in [-0.2, -0.15) is 0 Å². The average Bonchev–Trinajstić information content (AvgIpc) is 3.53. The summed E-state index contributed by atoms with van der Waals surface area (Å²) in [5.41, 5.74) is 1.72. The fourth-order valence-electron chi connectivity index (χ4n) is 4.28. The lowest BCUT2D eigenvalue weighted by atomic mass is 9.98. The Morgan fingerprint density at radius 1 is 1.03 bits per heavy atom. The molecule has 1 aliphatic heterocycles. The van der Waals surface area contributed by atoms with Crippen molar-refractivity contribution in [2.75, 3.05) is 6.54 Å². The Hall–Kier alpha value is -4.47. The number of benzene rings is 2. The van der Waals surface area contributed by atoms with Gasteiger partial charge in [-0.05, 0) is 23.6 Å². The number of amides is 1. The molecule has 10 heteroatoms. The molecule has 1 atom stereocenters. The van der Waals surface area contributed by atoms with Crippen LogP contribution in [0.2, 0.25) is 0 Å². The van der Waals surface area contributed by atoms with E-state index in [-0.39, 0.29) is 5.89 Å². The van der Waals surface area contributed by atoms with Gasteiger partial charge in [0.2, 0.25) is 0 Å². The van der Waals surface area contributed by atoms with E-state index in [0.717, 1.165) is 28.6 Å². The van der Waals surface area contributed by atoms with E-state index in [0.29, 0.717) is 24.4 Å². The zero-order valence-corrected chi connectivity index (χ0v) is 17.6. The molecule has 0 unspecified atom stereocenters. The summed E-state index contributed by atoms with van der Waals surface area (Å²) in [6.07, 6.45) is 3.87. The Kier molecular flexibility index (Phi) is 4.65. The predicted molar refractivity (Wildman–Crippen MR) is 117 cm³/mol. The summed E-state index contributed by atoms with van der Waals surface area (Å²) in [7, 11) is 0. The highest BCUT2D eigenvalue weighted by atomic mass is 19.1. The van der Waals surface area contributed by atoms with Gasteiger partial charge in [0.25, 0.3) is 5.89 Å². The Morgan fingerprint density at radius 3 is 2.65 bits per heavy atom. The van der Waals surface area contributed by atoms with Crippen molar-refractivity contribution in [3.63, 3.8) is 0 Å². The van der Waals surface area contributed by atoms with Gasteiger partial charge >= 0.3 is 11.8 Å². The van der Waals surface area contributed by atoms with Crippen molar-refractivity contribution in [3.05, 3.63) is 95.7 Å². The number of aromatic amines is 1. The van der Waals surface area contributed by atoms with E-state index >= 15 is 0 Å².